The Morgan fingerprint density at radius 3 is 2.41 bits per heavy atom. The lowest BCUT2D eigenvalue weighted by Gasteiger charge is -2.11. The Morgan fingerprint density at radius 1 is 1.24 bits per heavy atom. The van der Waals surface area contributed by atoms with Gasteiger partial charge in [0.15, 0.2) is 0 Å². The van der Waals surface area contributed by atoms with Crippen molar-refractivity contribution in [3.8, 4) is 0 Å². The van der Waals surface area contributed by atoms with E-state index in [1.165, 1.54) is 0 Å². The molecular weight excluding hydrogens is 297 g/mol. The fraction of sp³-hybridized carbons (Fsp3) is 0.182. The maximum atomic E-state index is 13.4. The Hall–Kier alpha value is -1.30. The molecule has 0 saturated heterocycles. The van der Waals surface area contributed by atoms with E-state index in [1.54, 1.807) is 12.4 Å². The minimum Gasteiger partial charge on any atom is -0.349 e. The van der Waals surface area contributed by atoms with Gasteiger partial charge in [-0.25, -0.2) is 18.2 Å². The molecule has 0 fully saturated rings. The molecule has 2 aromatic rings. The number of halogens is 4. The van der Waals surface area contributed by atoms with Gasteiger partial charge in [-0.05, 0) is 0 Å². The quantitative estimate of drug-likeness (QED) is 0.864. The predicted molar refractivity (Wildman–Crippen MR) is 60.3 cm³/mol. The summed E-state index contributed by atoms with van der Waals surface area (Å²) in [5.74, 6) is -2.15. The fourth-order valence-electron chi connectivity index (χ4n) is 1.53. The van der Waals surface area contributed by atoms with Crippen LogP contribution in [0.5, 0.6) is 0 Å². The van der Waals surface area contributed by atoms with E-state index in [2.05, 4.69) is 25.9 Å². The molecule has 1 unspecified atom stereocenters. The first kappa shape index (κ1) is 12.2. The standard InChI is InChI=1S/C11H8BrF3N2/c12-7(5-10-16-1-2-17-10)11-8(14)3-6(13)4-9(11)15/h1-4,7H,5H2,(H,16,17). The number of hydrogen-bond acceptors (Lipinski definition) is 1. The second kappa shape index (κ2) is 4.91. The van der Waals surface area contributed by atoms with Crippen LogP contribution in [0.3, 0.4) is 0 Å². The summed E-state index contributed by atoms with van der Waals surface area (Å²) < 4.78 is 39.6. The van der Waals surface area contributed by atoms with Gasteiger partial charge in [0.05, 0.1) is 4.83 Å². The Bertz CT molecular complexity index is 490. The third kappa shape index (κ3) is 2.69. The predicted octanol–water partition coefficient (Wildman–Crippen LogP) is 3.51. The Labute approximate surface area is 104 Å². The van der Waals surface area contributed by atoms with Crippen LogP contribution in [0.4, 0.5) is 13.2 Å². The van der Waals surface area contributed by atoms with Crippen molar-refractivity contribution in [2.45, 2.75) is 11.2 Å². The molecule has 0 aliphatic carbocycles. The van der Waals surface area contributed by atoms with Gasteiger partial charge in [-0.3, -0.25) is 0 Å². The van der Waals surface area contributed by atoms with Crippen molar-refractivity contribution in [2.24, 2.45) is 0 Å². The molecule has 0 spiro atoms. The van der Waals surface area contributed by atoms with Gasteiger partial charge in [-0.15, -0.1) is 0 Å². The zero-order valence-corrected chi connectivity index (χ0v) is 10.1. The van der Waals surface area contributed by atoms with Crippen LogP contribution in [0.1, 0.15) is 16.2 Å². The van der Waals surface area contributed by atoms with Crippen molar-refractivity contribution in [3.63, 3.8) is 0 Å². The van der Waals surface area contributed by atoms with Gasteiger partial charge in [-0.2, -0.15) is 0 Å². The second-order valence-electron chi connectivity index (χ2n) is 3.49. The first-order chi connectivity index (χ1) is 8.08. The minimum atomic E-state index is -0.929. The molecule has 2 nitrogen and oxygen atoms in total. The van der Waals surface area contributed by atoms with Gasteiger partial charge in [0.25, 0.3) is 0 Å². The third-order valence-electron chi connectivity index (χ3n) is 2.28. The zero-order chi connectivity index (χ0) is 12.4. The summed E-state index contributed by atoms with van der Waals surface area (Å²) in [6, 6.07) is 1.32. The van der Waals surface area contributed by atoms with Crippen LogP contribution in [0, 0.1) is 17.5 Å². The Balaban J connectivity index is 2.27. The number of hydrogen-bond donors (Lipinski definition) is 1. The Morgan fingerprint density at radius 2 is 1.88 bits per heavy atom. The van der Waals surface area contributed by atoms with Crippen molar-refractivity contribution >= 4 is 15.9 Å². The van der Waals surface area contributed by atoms with Crippen LogP contribution >= 0.6 is 15.9 Å². The smallest absolute Gasteiger partial charge is 0.133 e. The molecule has 1 aromatic carbocycles. The van der Waals surface area contributed by atoms with Gasteiger partial charge >= 0.3 is 0 Å². The van der Waals surface area contributed by atoms with E-state index in [-0.39, 0.29) is 12.0 Å². The van der Waals surface area contributed by atoms with Crippen LogP contribution in [0.15, 0.2) is 24.5 Å². The van der Waals surface area contributed by atoms with Crippen molar-refractivity contribution in [3.05, 3.63) is 53.4 Å². The van der Waals surface area contributed by atoms with E-state index in [9.17, 15) is 13.2 Å². The molecule has 17 heavy (non-hydrogen) atoms. The normalized spacial score (nSPS) is 12.7. The van der Waals surface area contributed by atoms with Gasteiger partial charge in [0.1, 0.15) is 23.3 Å². The van der Waals surface area contributed by atoms with E-state index in [0.29, 0.717) is 18.0 Å². The maximum absolute atomic E-state index is 13.4. The Kier molecular flexibility index (Phi) is 3.51. The maximum Gasteiger partial charge on any atom is 0.133 e. The average molecular weight is 305 g/mol. The van der Waals surface area contributed by atoms with E-state index in [1.807, 2.05) is 0 Å². The molecule has 0 aliphatic rings. The van der Waals surface area contributed by atoms with E-state index in [0.717, 1.165) is 0 Å². The number of nitrogens with zero attached hydrogens (tertiary/aromatic N) is 1. The second-order valence-corrected chi connectivity index (χ2v) is 4.60. The van der Waals surface area contributed by atoms with Crippen LogP contribution in [0.25, 0.3) is 0 Å². The van der Waals surface area contributed by atoms with Crippen molar-refractivity contribution in [1.82, 2.24) is 9.97 Å². The molecule has 1 aromatic heterocycles. The third-order valence-corrected chi connectivity index (χ3v) is 3.07. The number of rotatable bonds is 3. The summed E-state index contributed by atoms with van der Waals surface area (Å²) >= 11 is 3.17. The van der Waals surface area contributed by atoms with Crippen LogP contribution in [0.2, 0.25) is 0 Å². The highest BCUT2D eigenvalue weighted by Crippen LogP contribution is 2.30. The topological polar surface area (TPSA) is 28.7 Å². The average Bonchev–Trinajstić information content (AvgIpc) is 2.68. The summed E-state index contributed by atoms with van der Waals surface area (Å²) in [6.07, 6.45) is 3.45. The highest BCUT2D eigenvalue weighted by atomic mass is 79.9. The number of imidazole rings is 1. The van der Waals surface area contributed by atoms with Gasteiger partial charge in [0, 0.05) is 36.5 Å². The van der Waals surface area contributed by atoms with E-state index >= 15 is 0 Å². The lowest BCUT2D eigenvalue weighted by Crippen LogP contribution is -2.04. The summed E-state index contributed by atoms with van der Waals surface area (Å²) in [6.45, 7) is 0. The largest absolute Gasteiger partial charge is 0.349 e. The molecule has 1 N–H and O–H groups in total. The lowest BCUT2D eigenvalue weighted by atomic mass is 10.1. The van der Waals surface area contributed by atoms with Crippen molar-refractivity contribution in [1.29, 1.82) is 0 Å². The van der Waals surface area contributed by atoms with Crippen molar-refractivity contribution < 1.29 is 13.2 Å². The number of aromatic amines is 1. The summed E-state index contributed by atoms with van der Waals surface area (Å²) in [5, 5.41) is 0. The molecule has 0 bridgehead atoms. The molecule has 1 heterocycles. The van der Waals surface area contributed by atoms with Crippen LogP contribution in [-0.4, -0.2) is 9.97 Å². The van der Waals surface area contributed by atoms with Gasteiger partial charge in [0.2, 0.25) is 0 Å². The number of alkyl halides is 1. The van der Waals surface area contributed by atoms with E-state index < -0.39 is 22.3 Å². The first-order valence-electron chi connectivity index (χ1n) is 4.84. The monoisotopic (exact) mass is 304 g/mol. The number of H-pyrrole nitrogens is 1. The molecule has 1 atom stereocenters. The van der Waals surface area contributed by atoms with Crippen LogP contribution < -0.4 is 0 Å². The molecule has 0 amide bonds. The molecular formula is C11H8BrF3N2. The highest BCUT2D eigenvalue weighted by molar-refractivity contribution is 9.09. The molecule has 6 heteroatoms. The summed E-state index contributed by atoms with van der Waals surface area (Å²) in [4.78, 5) is 6.18. The van der Waals surface area contributed by atoms with Gasteiger partial charge < -0.3 is 4.98 Å². The zero-order valence-electron chi connectivity index (χ0n) is 8.55. The van der Waals surface area contributed by atoms with Crippen molar-refractivity contribution in [2.75, 3.05) is 0 Å². The molecule has 90 valence electrons. The number of aromatic nitrogens is 2. The summed E-state index contributed by atoms with van der Waals surface area (Å²) in [5.41, 5.74) is -0.192. The lowest BCUT2D eigenvalue weighted by molar-refractivity contribution is 0.521. The molecule has 2 rings (SSSR count). The molecule has 0 radical (unpaired) electrons. The molecule has 0 saturated carbocycles. The number of nitrogens with one attached hydrogen (secondary N) is 1. The summed E-state index contributed by atoms with van der Waals surface area (Å²) in [7, 11) is 0. The first-order valence-corrected chi connectivity index (χ1v) is 5.76. The van der Waals surface area contributed by atoms with Crippen LogP contribution in [-0.2, 0) is 6.42 Å². The van der Waals surface area contributed by atoms with Gasteiger partial charge in [-0.1, -0.05) is 15.9 Å². The molecule has 0 aliphatic heterocycles. The van der Waals surface area contributed by atoms with E-state index in [4.69, 9.17) is 0 Å². The number of benzene rings is 1. The minimum absolute atomic E-state index is 0.192. The fourth-order valence-corrected chi connectivity index (χ4v) is 2.28. The highest BCUT2D eigenvalue weighted by Gasteiger charge is 2.20. The SMILES string of the molecule is Fc1cc(F)c(C(Br)Cc2ncc[nH]2)c(F)c1.